The first kappa shape index (κ1) is 18.1. The Balaban J connectivity index is 2.34. The largest absolute Gasteiger partial charge is 0.405 e. The molecular weight excluding hydrogens is 374 g/mol. The van der Waals surface area contributed by atoms with Crippen LogP contribution in [0.5, 0.6) is 0 Å². The number of hydrogen-bond donors (Lipinski definition) is 0. The van der Waals surface area contributed by atoms with Crippen LogP contribution in [0.3, 0.4) is 0 Å². The molecule has 0 saturated carbocycles. The number of rotatable bonds is 5. The van der Waals surface area contributed by atoms with Crippen molar-refractivity contribution in [1.82, 2.24) is 19.6 Å². The van der Waals surface area contributed by atoms with Crippen molar-refractivity contribution in [2.45, 2.75) is 6.18 Å². The molecule has 0 atom stereocenters. The van der Waals surface area contributed by atoms with Crippen LogP contribution in [-0.2, 0) is 0 Å². The van der Waals surface area contributed by atoms with Gasteiger partial charge in [-0.2, -0.15) is 32.8 Å². The molecule has 0 saturated heterocycles. The first-order valence-corrected chi connectivity index (χ1v) is 7.76. The second kappa shape index (κ2) is 6.91. The van der Waals surface area contributed by atoms with Crippen LogP contribution in [0.1, 0.15) is 0 Å². The summed E-state index contributed by atoms with van der Waals surface area (Å²) in [7, 11) is 0. The van der Waals surface area contributed by atoms with Crippen LogP contribution in [0.15, 0.2) is 43.2 Å². The molecule has 5 nitrogen and oxygen atoms in total. The summed E-state index contributed by atoms with van der Waals surface area (Å²) in [6.45, 7) is 2.01. The van der Waals surface area contributed by atoms with E-state index in [9.17, 15) is 17.6 Å². The lowest BCUT2D eigenvalue weighted by Gasteiger charge is -2.27. The second-order valence-electron chi connectivity index (χ2n) is 5.34. The quantitative estimate of drug-likeness (QED) is 0.376. The van der Waals surface area contributed by atoms with E-state index in [0.29, 0.717) is 0 Å². The van der Waals surface area contributed by atoms with Gasteiger partial charge in [0.05, 0.1) is 5.56 Å². The third-order valence-electron chi connectivity index (χ3n) is 3.52. The predicted molar refractivity (Wildman–Crippen MR) is 89.7 cm³/mol. The summed E-state index contributed by atoms with van der Waals surface area (Å²) in [6, 6.07) is 5.60. The summed E-state index contributed by atoms with van der Waals surface area (Å²) in [6.07, 6.45) is -2.08. The SMILES string of the molecule is C=CCN(CC(F)(F)F)c1c(-c2ccccc2F)c(Cl)nc2ncnn12. The molecule has 0 spiro atoms. The third kappa shape index (κ3) is 3.48. The van der Waals surface area contributed by atoms with E-state index in [1.807, 2.05) is 0 Å². The summed E-state index contributed by atoms with van der Waals surface area (Å²) in [4.78, 5) is 8.82. The van der Waals surface area contributed by atoms with Gasteiger partial charge < -0.3 is 4.90 Å². The van der Waals surface area contributed by atoms with E-state index in [0.717, 1.165) is 15.7 Å². The fourth-order valence-corrected chi connectivity index (χ4v) is 2.85. The van der Waals surface area contributed by atoms with Gasteiger partial charge in [0.2, 0.25) is 0 Å². The number of anilines is 1. The lowest BCUT2D eigenvalue weighted by atomic mass is 10.1. The number of alkyl halides is 3. The number of benzene rings is 1. The molecule has 0 unspecified atom stereocenters. The maximum atomic E-state index is 14.4. The van der Waals surface area contributed by atoms with Crippen molar-refractivity contribution < 1.29 is 17.6 Å². The number of aromatic nitrogens is 4. The van der Waals surface area contributed by atoms with Crippen LogP contribution in [0, 0.1) is 5.82 Å². The Morgan fingerprint density at radius 3 is 2.65 bits per heavy atom. The van der Waals surface area contributed by atoms with E-state index < -0.39 is 18.5 Å². The lowest BCUT2D eigenvalue weighted by Crippen LogP contribution is -2.36. The Labute approximate surface area is 150 Å². The van der Waals surface area contributed by atoms with Crippen LogP contribution < -0.4 is 4.90 Å². The van der Waals surface area contributed by atoms with Gasteiger partial charge in [0.25, 0.3) is 5.78 Å². The first-order chi connectivity index (χ1) is 12.3. The molecule has 0 aliphatic rings. The van der Waals surface area contributed by atoms with Crippen molar-refractivity contribution in [2.24, 2.45) is 0 Å². The van der Waals surface area contributed by atoms with Gasteiger partial charge in [0.15, 0.2) is 0 Å². The average molecular weight is 386 g/mol. The number of fused-ring (bicyclic) bond motifs is 1. The van der Waals surface area contributed by atoms with Gasteiger partial charge in [-0.25, -0.2) is 4.39 Å². The van der Waals surface area contributed by atoms with E-state index in [2.05, 4.69) is 21.6 Å². The molecule has 0 bridgehead atoms. The standard InChI is InChI=1S/C16H12ClF4N5/c1-2-7-25(8-16(19,20)21)14-12(10-5-3-4-6-11(10)18)13(17)24-15-22-9-23-26(14)15/h2-6,9H,1,7-8H2. The maximum Gasteiger partial charge on any atom is 0.405 e. The molecular formula is C16H12ClF4N5. The first-order valence-electron chi connectivity index (χ1n) is 7.38. The van der Waals surface area contributed by atoms with E-state index in [-0.39, 0.29) is 34.4 Å². The van der Waals surface area contributed by atoms with Crippen LogP contribution in [0.4, 0.5) is 23.4 Å². The summed E-state index contributed by atoms with van der Waals surface area (Å²) in [5, 5.41) is 3.75. The van der Waals surface area contributed by atoms with E-state index >= 15 is 0 Å². The van der Waals surface area contributed by atoms with Crippen molar-refractivity contribution in [2.75, 3.05) is 18.0 Å². The summed E-state index contributed by atoms with van der Waals surface area (Å²) in [5.41, 5.74) is 0.00232. The summed E-state index contributed by atoms with van der Waals surface area (Å²) < 4.78 is 54.8. The zero-order valence-corrected chi connectivity index (χ0v) is 14.0. The van der Waals surface area contributed by atoms with Crippen LogP contribution in [0.2, 0.25) is 5.15 Å². The van der Waals surface area contributed by atoms with Gasteiger partial charge in [-0.05, 0) is 6.07 Å². The highest BCUT2D eigenvalue weighted by atomic mass is 35.5. The molecule has 136 valence electrons. The molecule has 0 fully saturated rings. The fraction of sp³-hybridized carbons (Fsp3) is 0.188. The van der Waals surface area contributed by atoms with E-state index in [4.69, 9.17) is 11.6 Å². The average Bonchev–Trinajstić information content (AvgIpc) is 3.00. The molecule has 2 aromatic heterocycles. The smallest absolute Gasteiger partial charge is 0.343 e. The molecule has 0 N–H and O–H groups in total. The Hall–Kier alpha value is -2.68. The van der Waals surface area contributed by atoms with Gasteiger partial charge in [-0.3, -0.25) is 0 Å². The highest BCUT2D eigenvalue weighted by Gasteiger charge is 2.34. The normalized spacial score (nSPS) is 11.7. The van der Waals surface area contributed by atoms with Crippen molar-refractivity contribution in [1.29, 1.82) is 0 Å². The second-order valence-corrected chi connectivity index (χ2v) is 5.70. The Morgan fingerprint density at radius 1 is 1.27 bits per heavy atom. The van der Waals surface area contributed by atoms with Crippen LogP contribution in [0.25, 0.3) is 16.9 Å². The fourth-order valence-electron chi connectivity index (χ4n) is 2.59. The molecule has 3 aromatic rings. The molecule has 0 amide bonds. The Bertz CT molecular complexity index is 953. The number of halogens is 5. The van der Waals surface area contributed by atoms with Crippen molar-refractivity contribution in [3.63, 3.8) is 0 Å². The summed E-state index contributed by atoms with van der Waals surface area (Å²) in [5.74, 6) is -0.719. The Kier molecular flexibility index (Phi) is 4.82. The van der Waals surface area contributed by atoms with Crippen LogP contribution in [-0.4, -0.2) is 38.8 Å². The van der Waals surface area contributed by atoms with Gasteiger partial charge in [0, 0.05) is 12.1 Å². The van der Waals surface area contributed by atoms with Gasteiger partial charge in [-0.15, -0.1) is 6.58 Å². The third-order valence-corrected chi connectivity index (χ3v) is 3.79. The van der Waals surface area contributed by atoms with Crippen molar-refractivity contribution >= 4 is 23.2 Å². The molecule has 26 heavy (non-hydrogen) atoms. The molecule has 10 heteroatoms. The van der Waals surface area contributed by atoms with Gasteiger partial charge >= 0.3 is 6.18 Å². The molecule has 2 heterocycles. The minimum atomic E-state index is -4.52. The summed E-state index contributed by atoms with van der Waals surface area (Å²) >= 11 is 6.19. The van der Waals surface area contributed by atoms with Crippen molar-refractivity contribution in [3.05, 3.63) is 54.2 Å². The number of hydrogen-bond acceptors (Lipinski definition) is 4. The lowest BCUT2D eigenvalue weighted by molar-refractivity contribution is -0.119. The minimum absolute atomic E-state index is 0.00123. The number of nitrogens with zero attached hydrogens (tertiary/aromatic N) is 5. The Morgan fingerprint density at radius 2 is 2.00 bits per heavy atom. The molecule has 0 aliphatic heterocycles. The zero-order chi connectivity index (χ0) is 18.9. The molecule has 0 radical (unpaired) electrons. The van der Waals surface area contributed by atoms with Gasteiger partial charge in [-0.1, -0.05) is 35.9 Å². The highest BCUT2D eigenvalue weighted by molar-refractivity contribution is 6.33. The zero-order valence-electron chi connectivity index (χ0n) is 13.2. The van der Waals surface area contributed by atoms with Gasteiger partial charge in [0.1, 0.15) is 29.7 Å². The van der Waals surface area contributed by atoms with E-state index in [1.165, 1.54) is 24.3 Å². The highest BCUT2D eigenvalue weighted by Crippen LogP contribution is 2.38. The van der Waals surface area contributed by atoms with Crippen molar-refractivity contribution in [3.8, 4) is 11.1 Å². The van der Waals surface area contributed by atoms with Crippen LogP contribution >= 0.6 is 11.6 Å². The topological polar surface area (TPSA) is 46.3 Å². The molecule has 0 aliphatic carbocycles. The minimum Gasteiger partial charge on any atom is -0.343 e. The molecule has 1 aromatic carbocycles. The maximum absolute atomic E-state index is 14.4. The predicted octanol–water partition coefficient (Wildman–Crippen LogP) is 4.14. The molecule has 3 rings (SSSR count). The van der Waals surface area contributed by atoms with E-state index in [1.54, 1.807) is 6.07 Å². The monoisotopic (exact) mass is 385 g/mol.